The van der Waals surface area contributed by atoms with E-state index in [1.807, 2.05) is 0 Å². The Balaban J connectivity index is 2.31. The lowest BCUT2D eigenvalue weighted by molar-refractivity contribution is 0.123. The Kier molecular flexibility index (Phi) is 6.27. The van der Waals surface area contributed by atoms with Crippen molar-refractivity contribution >= 4 is 6.03 Å². The van der Waals surface area contributed by atoms with Gasteiger partial charge in [-0.1, -0.05) is 20.8 Å². The number of carbonyl (C=O) groups is 1. The van der Waals surface area contributed by atoms with Crippen LogP contribution in [-0.4, -0.2) is 44.4 Å². The molecule has 5 heteroatoms. The van der Waals surface area contributed by atoms with E-state index in [0.717, 1.165) is 26.1 Å². The van der Waals surface area contributed by atoms with E-state index in [2.05, 4.69) is 50.6 Å². The van der Waals surface area contributed by atoms with Gasteiger partial charge in [0, 0.05) is 31.1 Å². The Labute approximate surface area is 123 Å². The van der Waals surface area contributed by atoms with Gasteiger partial charge in [0.15, 0.2) is 0 Å². The van der Waals surface area contributed by atoms with Gasteiger partial charge in [-0.25, -0.2) is 4.79 Å². The smallest absolute Gasteiger partial charge is 0.315 e. The number of carbonyl (C=O) groups excluding carboxylic acids is 1. The highest BCUT2D eigenvalue weighted by molar-refractivity contribution is 5.74. The van der Waals surface area contributed by atoms with Crippen LogP contribution in [-0.2, 0) is 4.74 Å². The second-order valence-electron chi connectivity index (χ2n) is 7.60. The zero-order valence-corrected chi connectivity index (χ0v) is 13.6. The number of hydrogen-bond donors (Lipinski definition) is 3. The Morgan fingerprint density at radius 3 is 2.65 bits per heavy atom. The van der Waals surface area contributed by atoms with Crippen LogP contribution in [0.3, 0.4) is 0 Å². The molecule has 5 nitrogen and oxygen atoms in total. The van der Waals surface area contributed by atoms with Gasteiger partial charge in [-0.15, -0.1) is 0 Å². The summed E-state index contributed by atoms with van der Waals surface area (Å²) in [5.41, 5.74) is -0.0175. The molecule has 0 unspecified atom stereocenters. The molecule has 1 atom stereocenters. The number of amides is 2. The molecular weight excluding hydrogens is 254 g/mol. The van der Waals surface area contributed by atoms with Gasteiger partial charge in [0.1, 0.15) is 0 Å². The normalized spacial score (nSPS) is 21.1. The van der Waals surface area contributed by atoms with Gasteiger partial charge in [-0.3, -0.25) is 0 Å². The summed E-state index contributed by atoms with van der Waals surface area (Å²) in [6.07, 6.45) is 0.932. The highest BCUT2D eigenvalue weighted by Crippen LogP contribution is 2.26. The summed E-state index contributed by atoms with van der Waals surface area (Å²) in [5.74, 6) is 0.342. The van der Waals surface area contributed by atoms with E-state index in [9.17, 15) is 4.79 Å². The van der Waals surface area contributed by atoms with Crippen LogP contribution in [0.4, 0.5) is 4.79 Å². The van der Waals surface area contributed by atoms with E-state index in [1.165, 1.54) is 0 Å². The Morgan fingerprint density at radius 2 is 2.00 bits per heavy atom. The van der Waals surface area contributed by atoms with E-state index in [1.54, 1.807) is 0 Å². The summed E-state index contributed by atoms with van der Waals surface area (Å²) in [7, 11) is 0. The second-order valence-corrected chi connectivity index (χ2v) is 7.60. The van der Waals surface area contributed by atoms with E-state index in [0.29, 0.717) is 19.1 Å². The Morgan fingerprint density at radius 1 is 1.30 bits per heavy atom. The van der Waals surface area contributed by atoms with E-state index in [-0.39, 0.29) is 17.0 Å². The van der Waals surface area contributed by atoms with Crippen LogP contribution in [0.15, 0.2) is 0 Å². The Hall–Kier alpha value is -0.810. The van der Waals surface area contributed by atoms with Crippen molar-refractivity contribution in [3.8, 4) is 0 Å². The summed E-state index contributed by atoms with van der Waals surface area (Å²) >= 11 is 0. The highest BCUT2D eigenvalue weighted by Gasteiger charge is 2.27. The van der Waals surface area contributed by atoms with Crippen LogP contribution in [0.25, 0.3) is 0 Å². The molecule has 0 radical (unpaired) electrons. The third kappa shape index (κ3) is 7.70. The number of rotatable bonds is 4. The lowest BCUT2D eigenvalue weighted by Crippen LogP contribution is -2.51. The third-order valence-corrected chi connectivity index (χ3v) is 3.19. The van der Waals surface area contributed by atoms with Gasteiger partial charge in [0.2, 0.25) is 0 Å². The monoisotopic (exact) mass is 285 g/mol. The minimum atomic E-state index is -0.208. The van der Waals surface area contributed by atoms with Crippen molar-refractivity contribution in [1.29, 1.82) is 0 Å². The van der Waals surface area contributed by atoms with Crippen molar-refractivity contribution in [1.82, 2.24) is 16.0 Å². The van der Waals surface area contributed by atoms with Crippen molar-refractivity contribution in [3.63, 3.8) is 0 Å². The Bertz CT molecular complexity index is 303. The highest BCUT2D eigenvalue weighted by atomic mass is 16.5. The molecule has 0 spiro atoms. The van der Waals surface area contributed by atoms with Crippen molar-refractivity contribution in [2.45, 2.75) is 46.6 Å². The first kappa shape index (κ1) is 17.2. The fourth-order valence-corrected chi connectivity index (χ4v) is 2.85. The summed E-state index contributed by atoms with van der Waals surface area (Å²) in [6, 6.07) is -0.0940. The fraction of sp³-hybridized carbons (Fsp3) is 0.933. The molecule has 3 N–H and O–H groups in total. The maximum atomic E-state index is 12.0. The lowest BCUT2D eigenvalue weighted by atomic mass is 9.82. The minimum absolute atomic E-state index is 0.0940. The molecule has 1 aliphatic heterocycles. The standard InChI is InChI=1S/C15H31N3O2/c1-14(2,3)11-15(4,5)18-13(19)17-9-12-8-16-6-7-20-10-12/h12,16H,6-11H2,1-5H3,(H2,17,18,19)/t12-/m1/s1. The van der Waals surface area contributed by atoms with Crippen LogP contribution in [0.1, 0.15) is 41.0 Å². The molecule has 0 saturated carbocycles. The first-order valence-corrected chi connectivity index (χ1v) is 7.52. The maximum absolute atomic E-state index is 12.0. The molecule has 0 aromatic heterocycles. The fourth-order valence-electron chi connectivity index (χ4n) is 2.85. The van der Waals surface area contributed by atoms with E-state index >= 15 is 0 Å². The minimum Gasteiger partial charge on any atom is -0.380 e. The summed E-state index contributed by atoms with van der Waals surface area (Å²) in [6.45, 7) is 14.6. The number of hydrogen-bond acceptors (Lipinski definition) is 3. The van der Waals surface area contributed by atoms with Gasteiger partial charge in [0.25, 0.3) is 0 Å². The van der Waals surface area contributed by atoms with Crippen molar-refractivity contribution in [3.05, 3.63) is 0 Å². The van der Waals surface area contributed by atoms with Crippen LogP contribution in [0.5, 0.6) is 0 Å². The molecular formula is C15H31N3O2. The largest absolute Gasteiger partial charge is 0.380 e. The number of urea groups is 1. The predicted octanol–water partition coefficient (Wildman–Crippen LogP) is 1.74. The van der Waals surface area contributed by atoms with Gasteiger partial charge in [-0.2, -0.15) is 0 Å². The molecule has 20 heavy (non-hydrogen) atoms. The lowest BCUT2D eigenvalue weighted by Gasteiger charge is -2.33. The summed E-state index contributed by atoms with van der Waals surface area (Å²) < 4.78 is 5.47. The molecule has 1 aliphatic rings. The molecule has 118 valence electrons. The molecule has 1 rings (SSSR count). The molecule has 0 aliphatic carbocycles. The molecule has 1 saturated heterocycles. The molecule has 1 heterocycles. The summed E-state index contributed by atoms with van der Waals surface area (Å²) in [5, 5.41) is 9.31. The van der Waals surface area contributed by atoms with E-state index in [4.69, 9.17) is 4.74 Å². The molecule has 1 fully saturated rings. The molecule has 0 aromatic rings. The average Bonchev–Trinajstić information content (AvgIpc) is 2.50. The van der Waals surface area contributed by atoms with Gasteiger partial charge in [-0.05, 0) is 25.7 Å². The summed E-state index contributed by atoms with van der Waals surface area (Å²) in [4.78, 5) is 12.0. The zero-order chi connectivity index (χ0) is 15.2. The zero-order valence-electron chi connectivity index (χ0n) is 13.6. The first-order chi connectivity index (χ1) is 9.18. The van der Waals surface area contributed by atoms with Gasteiger partial charge < -0.3 is 20.7 Å². The van der Waals surface area contributed by atoms with Crippen LogP contribution < -0.4 is 16.0 Å². The quantitative estimate of drug-likeness (QED) is 0.737. The average molecular weight is 285 g/mol. The van der Waals surface area contributed by atoms with Gasteiger partial charge >= 0.3 is 6.03 Å². The maximum Gasteiger partial charge on any atom is 0.315 e. The predicted molar refractivity (Wildman–Crippen MR) is 81.9 cm³/mol. The molecule has 2 amide bonds. The third-order valence-electron chi connectivity index (χ3n) is 3.19. The van der Waals surface area contributed by atoms with Crippen LogP contribution >= 0.6 is 0 Å². The number of ether oxygens (including phenoxy) is 1. The first-order valence-electron chi connectivity index (χ1n) is 7.52. The van der Waals surface area contributed by atoms with Crippen molar-refractivity contribution < 1.29 is 9.53 Å². The van der Waals surface area contributed by atoms with Crippen LogP contribution in [0, 0.1) is 11.3 Å². The van der Waals surface area contributed by atoms with Gasteiger partial charge in [0.05, 0.1) is 13.2 Å². The number of nitrogens with one attached hydrogen (secondary N) is 3. The SMILES string of the molecule is CC(C)(C)CC(C)(C)NC(=O)NC[C@H]1CNCCOC1. The topological polar surface area (TPSA) is 62.4 Å². The van der Waals surface area contributed by atoms with Crippen molar-refractivity contribution in [2.75, 3.05) is 32.8 Å². The van der Waals surface area contributed by atoms with Crippen LogP contribution in [0.2, 0.25) is 0 Å². The van der Waals surface area contributed by atoms with Crippen molar-refractivity contribution in [2.24, 2.45) is 11.3 Å². The molecule has 0 aromatic carbocycles. The van der Waals surface area contributed by atoms with E-state index < -0.39 is 0 Å². The molecule has 0 bridgehead atoms. The second kappa shape index (κ2) is 7.27.